The molecule has 0 atom stereocenters. The molecule has 0 unspecified atom stereocenters. The molecule has 0 saturated heterocycles. The molecule has 2 aromatic heterocycles. The minimum atomic E-state index is -0.00217. The molecule has 156 valence electrons. The summed E-state index contributed by atoms with van der Waals surface area (Å²) in [6.45, 7) is 1.86. The molecule has 3 heterocycles. The number of aromatic amines is 1. The smallest absolute Gasteiger partial charge is 0.255 e. The summed E-state index contributed by atoms with van der Waals surface area (Å²) in [7, 11) is 0. The topological polar surface area (TPSA) is 87.9 Å². The van der Waals surface area contributed by atoms with E-state index in [1.807, 2.05) is 12.1 Å². The van der Waals surface area contributed by atoms with Gasteiger partial charge < -0.3 is 9.51 Å². The highest BCUT2D eigenvalue weighted by Gasteiger charge is 2.25. The number of hydrogen-bond donors (Lipinski definition) is 1. The van der Waals surface area contributed by atoms with Crippen molar-refractivity contribution in [3.8, 4) is 11.4 Å². The average Bonchev–Trinajstić information content (AvgIpc) is 3.23. The molecule has 0 amide bonds. The highest BCUT2D eigenvalue weighted by molar-refractivity contribution is 6.30. The first-order chi connectivity index (χ1) is 14.7. The molecule has 0 spiro atoms. The van der Waals surface area contributed by atoms with Gasteiger partial charge in [-0.05, 0) is 37.1 Å². The van der Waals surface area contributed by atoms with Crippen LogP contribution >= 0.6 is 11.6 Å². The number of halogens is 1. The maximum atomic E-state index is 12.8. The first-order valence-corrected chi connectivity index (χ1v) is 11.0. The van der Waals surface area contributed by atoms with E-state index in [1.54, 1.807) is 12.1 Å². The first-order valence-electron chi connectivity index (χ1n) is 10.6. The Kier molecular flexibility index (Phi) is 5.39. The van der Waals surface area contributed by atoms with Crippen LogP contribution < -0.4 is 5.56 Å². The summed E-state index contributed by atoms with van der Waals surface area (Å²) in [5, 5.41) is 4.74. The molecule has 3 aromatic rings. The molecule has 5 rings (SSSR count). The lowest BCUT2D eigenvalue weighted by Crippen LogP contribution is -2.36. The fourth-order valence-electron chi connectivity index (χ4n) is 4.43. The SMILES string of the molecule is O=c1[nH]c(C2CCCCC2)nc2c1CN(Cc1nc(-c3ccc(Cl)cc3)no1)CC2. The van der Waals surface area contributed by atoms with Gasteiger partial charge in [0.25, 0.3) is 5.56 Å². The molecule has 7 nitrogen and oxygen atoms in total. The van der Waals surface area contributed by atoms with Gasteiger partial charge in [-0.15, -0.1) is 0 Å². The van der Waals surface area contributed by atoms with E-state index in [0.29, 0.717) is 35.7 Å². The molecule has 8 heteroatoms. The molecule has 1 aromatic carbocycles. The van der Waals surface area contributed by atoms with Gasteiger partial charge >= 0.3 is 0 Å². The van der Waals surface area contributed by atoms with E-state index in [-0.39, 0.29) is 5.56 Å². The summed E-state index contributed by atoms with van der Waals surface area (Å²) in [5.74, 6) is 2.36. The van der Waals surface area contributed by atoms with Gasteiger partial charge in [0.1, 0.15) is 5.82 Å². The Morgan fingerprint density at radius 3 is 2.73 bits per heavy atom. The number of aromatic nitrogens is 4. The number of nitrogens with zero attached hydrogens (tertiary/aromatic N) is 4. The maximum Gasteiger partial charge on any atom is 0.255 e. The van der Waals surface area contributed by atoms with Crippen molar-refractivity contribution in [1.29, 1.82) is 0 Å². The largest absolute Gasteiger partial charge is 0.338 e. The number of fused-ring (bicyclic) bond motifs is 1. The minimum Gasteiger partial charge on any atom is -0.338 e. The van der Waals surface area contributed by atoms with Crippen molar-refractivity contribution in [3.05, 3.63) is 62.6 Å². The lowest BCUT2D eigenvalue weighted by molar-refractivity contribution is 0.207. The Bertz CT molecular complexity index is 1090. The summed E-state index contributed by atoms with van der Waals surface area (Å²) in [6, 6.07) is 7.33. The Labute approximate surface area is 179 Å². The number of nitrogens with one attached hydrogen (secondary N) is 1. The second-order valence-corrected chi connectivity index (χ2v) is 8.63. The Balaban J connectivity index is 1.29. The van der Waals surface area contributed by atoms with Crippen LogP contribution in [0.15, 0.2) is 33.6 Å². The normalized spacial score (nSPS) is 17.8. The van der Waals surface area contributed by atoms with E-state index in [0.717, 1.165) is 48.5 Å². The minimum absolute atomic E-state index is 0.00217. The second-order valence-electron chi connectivity index (χ2n) is 8.19. The Hall–Kier alpha value is -2.51. The molecule has 0 radical (unpaired) electrons. The van der Waals surface area contributed by atoms with Gasteiger partial charge in [0, 0.05) is 36.0 Å². The van der Waals surface area contributed by atoms with E-state index in [1.165, 1.54) is 19.3 Å². The predicted octanol–water partition coefficient (Wildman–Crippen LogP) is 4.08. The van der Waals surface area contributed by atoms with Gasteiger partial charge in [-0.1, -0.05) is 36.0 Å². The van der Waals surface area contributed by atoms with Crippen LogP contribution in [0.25, 0.3) is 11.4 Å². The zero-order valence-corrected chi connectivity index (χ0v) is 17.5. The van der Waals surface area contributed by atoms with Crippen LogP contribution in [-0.4, -0.2) is 31.6 Å². The third-order valence-corrected chi connectivity index (χ3v) is 6.34. The van der Waals surface area contributed by atoms with Gasteiger partial charge in [0.2, 0.25) is 11.7 Å². The van der Waals surface area contributed by atoms with Gasteiger partial charge in [-0.3, -0.25) is 9.69 Å². The number of rotatable bonds is 4. The van der Waals surface area contributed by atoms with Gasteiger partial charge in [0.05, 0.1) is 17.8 Å². The van der Waals surface area contributed by atoms with E-state index in [2.05, 4.69) is 20.0 Å². The van der Waals surface area contributed by atoms with Crippen molar-refractivity contribution in [2.75, 3.05) is 6.54 Å². The van der Waals surface area contributed by atoms with E-state index in [4.69, 9.17) is 21.1 Å². The summed E-state index contributed by atoms with van der Waals surface area (Å²) in [4.78, 5) is 27.3. The fraction of sp³-hybridized carbons (Fsp3) is 0.455. The second kappa shape index (κ2) is 8.32. The van der Waals surface area contributed by atoms with Crippen molar-refractivity contribution < 1.29 is 4.52 Å². The van der Waals surface area contributed by atoms with Crippen molar-refractivity contribution >= 4 is 11.6 Å². The standard InChI is InChI=1S/C22H24ClN5O2/c23-16-8-6-15(7-9-16)21-25-19(30-27-21)13-28-11-10-18-17(12-28)22(29)26-20(24-18)14-4-2-1-3-5-14/h6-9,14H,1-5,10-13H2,(H,24,26,29). The van der Waals surface area contributed by atoms with E-state index >= 15 is 0 Å². The van der Waals surface area contributed by atoms with Crippen molar-refractivity contribution in [2.45, 2.75) is 57.5 Å². The molecular weight excluding hydrogens is 402 g/mol. The van der Waals surface area contributed by atoms with Crippen molar-refractivity contribution in [1.82, 2.24) is 25.0 Å². The zero-order chi connectivity index (χ0) is 20.5. The molecular formula is C22H24ClN5O2. The van der Waals surface area contributed by atoms with Gasteiger partial charge in [-0.2, -0.15) is 4.98 Å². The van der Waals surface area contributed by atoms with Crippen LogP contribution in [0.2, 0.25) is 5.02 Å². The van der Waals surface area contributed by atoms with E-state index in [9.17, 15) is 4.79 Å². The summed E-state index contributed by atoms with van der Waals surface area (Å²) in [5.41, 5.74) is 2.56. The zero-order valence-electron chi connectivity index (χ0n) is 16.7. The monoisotopic (exact) mass is 425 g/mol. The van der Waals surface area contributed by atoms with Crippen molar-refractivity contribution in [3.63, 3.8) is 0 Å². The van der Waals surface area contributed by atoms with Crippen molar-refractivity contribution in [2.24, 2.45) is 0 Å². The maximum absolute atomic E-state index is 12.8. The number of benzene rings is 1. The molecule has 2 aliphatic rings. The molecule has 1 saturated carbocycles. The molecule has 1 N–H and O–H groups in total. The van der Waals surface area contributed by atoms with Crippen LogP contribution in [0.5, 0.6) is 0 Å². The summed E-state index contributed by atoms with van der Waals surface area (Å²) in [6.07, 6.45) is 6.75. The highest BCUT2D eigenvalue weighted by atomic mass is 35.5. The quantitative estimate of drug-likeness (QED) is 0.677. The Morgan fingerprint density at radius 1 is 1.13 bits per heavy atom. The van der Waals surface area contributed by atoms with Crippen LogP contribution in [0, 0.1) is 0 Å². The average molecular weight is 426 g/mol. The molecule has 1 fully saturated rings. The van der Waals surface area contributed by atoms with E-state index < -0.39 is 0 Å². The molecule has 1 aliphatic carbocycles. The lowest BCUT2D eigenvalue weighted by atomic mass is 9.88. The highest BCUT2D eigenvalue weighted by Crippen LogP contribution is 2.31. The first kappa shape index (κ1) is 19.5. The molecule has 1 aliphatic heterocycles. The summed E-state index contributed by atoms with van der Waals surface area (Å²) >= 11 is 5.94. The fourth-order valence-corrected chi connectivity index (χ4v) is 4.56. The summed E-state index contributed by atoms with van der Waals surface area (Å²) < 4.78 is 5.43. The third kappa shape index (κ3) is 4.04. The van der Waals surface area contributed by atoms with Gasteiger partial charge in [-0.25, -0.2) is 4.98 Å². The van der Waals surface area contributed by atoms with Crippen LogP contribution in [0.4, 0.5) is 0 Å². The number of H-pyrrole nitrogens is 1. The predicted molar refractivity (Wildman–Crippen MR) is 113 cm³/mol. The third-order valence-electron chi connectivity index (χ3n) is 6.09. The van der Waals surface area contributed by atoms with Crippen LogP contribution in [0.3, 0.4) is 0 Å². The molecule has 0 bridgehead atoms. The molecule has 30 heavy (non-hydrogen) atoms. The van der Waals surface area contributed by atoms with Gasteiger partial charge in [0.15, 0.2) is 0 Å². The number of hydrogen-bond acceptors (Lipinski definition) is 6. The Morgan fingerprint density at radius 2 is 1.93 bits per heavy atom. The lowest BCUT2D eigenvalue weighted by Gasteiger charge is -2.27. The van der Waals surface area contributed by atoms with Crippen LogP contribution in [0.1, 0.15) is 61.0 Å². The van der Waals surface area contributed by atoms with Crippen LogP contribution in [-0.2, 0) is 19.5 Å².